The molecule has 23 heavy (non-hydrogen) atoms. The van der Waals surface area contributed by atoms with Crippen molar-refractivity contribution in [2.75, 3.05) is 0 Å². The molecule has 0 atom stereocenters. The molecule has 0 bridgehead atoms. The smallest absolute Gasteiger partial charge is 0.399 e. The number of para-hydroxylation sites is 2. The van der Waals surface area contributed by atoms with Crippen molar-refractivity contribution in [3.05, 3.63) is 73.3 Å². The molecular formula is C17H12F3N2O+. The summed E-state index contributed by atoms with van der Waals surface area (Å²) in [5.41, 5.74) is 2.23. The van der Waals surface area contributed by atoms with E-state index in [1.807, 2.05) is 24.3 Å². The van der Waals surface area contributed by atoms with Crippen molar-refractivity contribution in [3.63, 3.8) is 0 Å². The van der Waals surface area contributed by atoms with Crippen LogP contribution >= 0.6 is 0 Å². The first-order valence-electron chi connectivity index (χ1n) is 6.80. The summed E-state index contributed by atoms with van der Waals surface area (Å²) in [6, 6.07) is 13.4. The fraction of sp³-hybridized carbons (Fsp3) is 0.0588. The van der Waals surface area contributed by atoms with E-state index in [0.717, 1.165) is 11.1 Å². The second kappa shape index (κ2) is 6.08. The van der Waals surface area contributed by atoms with Gasteiger partial charge in [0.1, 0.15) is 0 Å². The second-order valence-corrected chi connectivity index (χ2v) is 4.75. The summed E-state index contributed by atoms with van der Waals surface area (Å²) in [5.74, 6) is -0.248. The molecule has 3 nitrogen and oxygen atoms in total. The van der Waals surface area contributed by atoms with Crippen LogP contribution in [0.3, 0.4) is 0 Å². The Morgan fingerprint density at radius 2 is 1.43 bits per heavy atom. The van der Waals surface area contributed by atoms with Crippen molar-refractivity contribution in [2.45, 2.75) is 6.36 Å². The maximum atomic E-state index is 12.5. The van der Waals surface area contributed by atoms with Gasteiger partial charge < -0.3 is 4.74 Å². The lowest BCUT2D eigenvalue weighted by molar-refractivity contribution is -0.596. The van der Waals surface area contributed by atoms with E-state index in [0.29, 0.717) is 5.69 Å². The lowest BCUT2D eigenvalue weighted by atomic mass is 10.1. The first kappa shape index (κ1) is 15.0. The van der Waals surface area contributed by atoms with Crippen LogP contribution < -0.4 is 9.30 Å². The minimum atomic E-state index is -4.73. The van der Waals surface area contributed by atoms with Crippen molar-refractivity contribution < 1.29 is 22.5 Å². The Labute approximate surface area is 130 Å². The molecule has 0 radical (unpaired) electrons. The van der Waals surface area contributed by atoms with E-state index in [9.17, 15) is 13.2 Å². The maximum Gasteiger partial charge on any atom is 0.573 e. The summed E-state index contributed by atoms with van der Waals surface area (Å²) >= 11 is 0. The van der Waals surface area contributed by atoms with Crippen molar-refractivity contribution in [1.82, 2.24) is 4.98 Å². The van der Waals surface area contributed by atoms with E-state index in [1.54, 1.807) is 41.5 Å². The highest BCUT2D eigenvalue weighted by molar-refractivity contribution is 5.61. The SMILES string of the molecule is FC(F)(F)Oc1ccccc1-[n+]1ccc(-c2ccncc2)cc1. The first-order chi connectivity index (χ1) is 11.0. The zero-order chi connectivity index (χ0) is 16.3. The molecule has 0 spiro atoms. The van der Waals surface area contributed by atoms with E-state index in [4.69, 9.17) is 0 Å². The van der Waals surface area contributed by atoms with Crippen molar-refractivity contribution in [1.29, 1.82) is 0 Å². The van der Waals surface area contributed by atoms with Crippen LogP contribution in [0.2, 0.25) is 0 Å². The van der Waals surface area contributed by atoms with Crippen molar-refractivity contribution >= 4 is 0 Å². The Morgan fingerprint density at radius 3 is 2.09 bits per heavy atom. The highest BCUT2D eigenvalue weighted by atomic mass is 19.4. The Hall–Kier alpha value is -2.89. The highest BCUT2D eigenvalue weighted by Crippen LogP contribution is 2.26. The molecule has 1 aromatic carbocycles. The third-order valence-electron chi connectivity index (χ3n) is 3.21. The van der Waals surface area contributed by atoms with Gasteiger partial charge in [0.05, 0.1) is 0 Å². The average molecular weight is 317 g/mol. The maximum absolute atomic E-state index is 12.5. The minimum Gasteiger partial charge on any atom is -0.399 e. The predicted molar refractivity (Wildman–Crippen MR) is 77.9 cm³/mol. The standard InChI is InChI=1S/C17H12F3N2O/c18-17(19,20)23-16-4-2-1-3-15(16)22-11-7-14(8-12-22)13-5-9-21-10-6-13/h1-12H/q+1. The Morgan fingerprint density at radius 1 is 0.826 bits per heavy atom. The number of alkyl halides is 3. The molecule has 0 amide bonds. The highest BCUT2D eigenvalue weighted by Gasteiger charge is 2.33. The van der Waals surface area contributed by atoms with Gasteiger partial charge in [0.15, 0.2) is 12.4 Å². The summed E-state index contributed by atoms with van der Waals surface area (Å²) < 4.78 is 43.1. The van der Waals surface area contributed by atoms with Gasteiger partial charge in [-0.3, -0.25) is 4.98 Å². The van der Waals surface area contributed by atoms with Gasteiger partial charge in [-0.25, -0.2) is 0 Å². The molecular weight excluding hydrogens is 305 g/mol. The third kappa shape index (κ3) is 3.66. The molecule has 0 unspecified atom stereocenters. The number of hydrogen-bond donors (Lipinski definition) is 0. The van der Waals surface area contributed by atoms with Crippen LogP contribution in [0.15, 0.2) is 73.3 Å². The number of rotatable bonds is 3. The van der Waals surface area contributed by atoms with Gasteiger partial charge >= 0.3 is 6.36 Å². The van der Waals surface area contributed by atoms with Crippen LogP contribution in [-0.2, 0) is 0 Å². The Balaban J connectivity index is 1.94. The average Bonchev–Trinajstić information content (AvgIpc) is 2.55. The van der Waals surface area contributed by atoms with Gasteiger partial charge in [0, 0.05) is 30.6 Å². The van der Waals surface area contributed by atoms with E-state index in [-0.39, 0.29) is 5.75 Å². The normalized spacial score (nSPS) is 11.3. The van der Waals surface area contributed by atoms with Gasteiger partial charge in [-0.05, 0) is 29.3 Å². The zero-order valence-electron chi connectivity index (χ0n) is 11.9. The molecule has 6 heteroatoms. The molecule has 0 saturated carbocycles. The quantitative estimate of drug-likeness (QED) is 0.684. The summed E-state index contributed by atoms with van der Waals surface area (Å²) in [4.78, 5) is 3.95. The summed E-state index contributed by atoms with van der Waals surface area (Å²) in [7, 11) is 0. The monoisotopic (exact) mass is 317 g/mol. The molecule has 0 aliphatic rings. The number of benzene rings is 1. The topological polar surface area (TPSA) is 26.0 Å². The molecule has 0 aliphatic heterocycles. The second-order valence-electron chi connectivity index (χ2n) is 4.75. The van der Waals surface area contributed by atoms with Gasteiger partial charge in [0.2, 0.25) is 5.75 Å². The van der Waals surface area contributed by atoms with Crippen LogP contribution in [-0.4, -0.2) is 11.3 Å². The van der Waals surface area contributed by atoms with Crippen LogP contribution in [0.1, 0.15) is 0 Å². The van der Waals surface area contributed by atoms with E-state index < -0.39 is 6.36 Å². The van der Waals surface area contributed by atoms with E-state index >= 15 is 0 Å². The lowest BCUT2D eigenvalue weighted by Gasteiger charge is -2.09. The number of halogens is 3. The number of nitrogens with zero attached hydrogens (tertiary/aromatic N) is 2. The van der Waals surface area contributed by atoms with Crippen LogP contribution in [0, 0.1) is 0 Å². The molecule has 3 rings (SSSR count). The van der Waals surface area contributed by atoms with Gasteiger partial charge in [-0.15, -0.1) is 13.2 Å². The Bertz CT molecular complexity index is 787. The third-order valence-corrected chi connectivity index (χ3v) is 3.21. The predicted octanol–water partition coefficient (Wildman–Crippen LogP) is 3.92. The van der Waals surface area contributed by atoms with Crippen molar-refractivity contribution in [3.8, 4) is 22.6 Å². The van der Waals surface area contributed by atoms with Crippen LogP contribution in [0.5, 0.6) is 5.75 Å². The molecule has 0 N–H and O–H groups in total. The van der Waals surface area contributed by atoms with Crippen LogP contribution in [0.25, 0.3) is 16.8 Å². The van der Waals surface area contributed by atoms with Crippen LogP contribution in [0.4, 0.5) is 13.2 Å². The first-order valence-corrected chi connectivity index (χ1v) is 6.80. The molecule has 116 valence electrons. The van der Waals surface area contributed by atoms with E-state index in [1.165, 1.54) is 12.1 Å². The fourth-order valence-electron chi connectivity index (χ4n) is 2.21. The molecule has 3 aromatic rings. The number of hydrogen-bond acceptors (Lipinski definition) is 2. The summed E-state index contributed by atoms with van der Waals surface area (Å²) in [6.07, 6.45) is 2.02. The molecule has 0 saturated heterocycles. The number of ether oxygens (including phenoxy) is 1. The zero-order valence-corrected chi connectivity index (χ0v) is 11.9. The number of aromatic nitrogens is 2. The molecule has 2 aromatic heterocycles. The minimum absolute atomic E-state index is 0.248. The van der Waals surface area contributed by atoms with Gasteiger partial charge in [0.25, 0.3) is 5.69 Å². The van der Waals surface area contributed by atoms with Crippen molar-refractivity contribution in [2.24, 2.45) is 0 Å². The molecule has 0 aliphatic carbocycles. The largest absolute Gasteiger partial charge is 0.573 e. The summed E-state index contributed by atoms with van der Waals surface area (Å²) in [5, 5.41) is 0. The number of pyridine rings is 2. The fourth-order valence-corrected chi connectivity index (χ4v) is 2.21. The molecule has 2 heterocycles. The van der Waals surface area contributed by atoms with E-state index in [2.05, 4.69) is 9.72 Å². The molecule has 0 fully saturated rings. The van der Waals surface area contributed by atoms with Gasteiger partial charge in [-0.2, -0.15) is 4.57 Å². The summed E-state index contributed by atoms with van der Waals surface area (Å²) in [6.45, 7) is 0. The van der Waals surface area contributed by atoms with Gasteiger partial charge in [-0.1, -0.05) is 12.1 Å². The Kier molecular flexibility index (Phi) is 3.97. The lowest BCUT2D eigenvalue weighted by Crippen LogP contribution is -2.31.